The van der Waals surface area contributed by atoms with E-state index in [1.54, 1.807) is 25.1 Å². The van der Waals surface area contributed by atoms with Gasteiger partial charge in [0.25, 0.3) is 0 Å². The van der Waals surface area contributed by atoms with Gasteiger partial charge in [-0.05, 0) is 30.5 Å². The highest BCUT2D eigenvalue weighted by Crippen LogP contribution is 2.16. The number of ether oxygens (including phenoxy) is 1. The Hall–Kier alpha value is -2.33. The molecule has 0 spiro atoms. The first-order valence-corrected chi connectivity index (χ1v) is 5.75. The van der Waals surface area contributed by atoms with Gasteiger partial charge in [-0.25, -0.2) is 4.79 Å². The zero-order chi connectivity index (χ0) is 13.4. The Kier molecular flexibility index (Phi) is 5.41. The zero-order valence-corrected chi connectivity index (χ0v) is 10.3. The molecular formula is C14H14N2O2. The van der Waals surface area contributed by atoms with Crippen LogP contribution in [0.2, 0.25) is 0 Å². The monoisotopic (exact) mass is 242 g/mol. The van der Waals surface area contributed by atoms with Crippen LogP contribution in [0.1, 0.15) is 34.8 Å². The van der Waals surface area contributed by atoms with Gasteiger partial charge < -0.3 is 4.74 Å². The quantitative estimate of drug-likeness (QED) is 0.743. The molecule has 4 nitrogen and oxygen atoms in total. The van der Waals surface area contributed by atoms with Gasteiger partial charge >= 0.3 is 5.97 Å². The van der Waals surface area contributed by atoms with Crippen LogP contribution in [0.25, 0.3) is 0 Å². The van der Waals surface area contributed by atoms with Crippen LogP contribution >= 0.6 is 0 Å². The van der Waals surface area contributed by atoms with Crippen molar-refractivity contribution in [2.45, 2.75) is 26.2 Å². The summed E-state index contributed by atoms with van der Waals surface area (Å²) in [5.74, 6) is -0.398. The summed E-state index contributed by atoms with van der Waals surface area (Å²) in [6.07, 6.45) is 1.12. The van der Waals surface area contributed by atoms with Gasteiger partial charge in [0, 0.05) is 6.42 Å². The fourth-order valence-electron chi connectivity index (χ4n) is 1.63. The van der Waals surface area contributed by atoms with Crippen molar-refractivity contribution in [3.05, 3.63) is 34.9 Å². The van der Waals surface area contributed by atoms with Crippen LogP contribution in [-0.4, -0.2) is 12.6 Å². The van der Waals surface area contributed by atoms with E-state index in [9.17, 15) is 4.79 Å². The summed E-state index contributed by atoms with van der Waals surface area (Å²) in [5.41, 5.74) is 2.03. The number of carbonyl (C=O) groups excluding carboxylic acids is 1. The van der Waals surface area contributed by atoms with Gasteiger partial charge in [-0.1, -0.05) is 12.1 Å². The van der Waals surface area contributed by atoms with Crippen molar-refractivity contribution in [1.29, 1.82) is 10.5 Å². The van der Waals surface area contributed by atoms with Crippen molar-refractivity contribution in [2.24, 2.45) is 0 Å². The molecule has 92 valence electrons. The largest absolute Gasteiger partial charge is 0.462 e. The molecule has 0 heterocycles. The summed E-state index contributed by atoms with van der Waals surface area (Å²) in [6.45, 7) is 2.05. The summed E-state index contributed by atoms with van der Waals surface area (Å²) in [5, 5.41) is 17.2. The van der Waals surface area contributed by atoms with Gasteiger partial charge in [-0.2, -0.15) is 10.5 Å². The lowest BCUT2D eigenvalue weighted by atomic mass is 9.99. The molecule has 0 aliphatic rings. The van der Waals surface area contributed by atoms with Crippen molar-refractivity contribution in [3.63, 3.8) is 0 Å². The molecule has 18 heavy (non-hydrogen) atoms. The van der Waals surface area contributed by atoms with Crippen LogP contribution in [0.15, 0.2) is 18.2 Å². The highest BCUT2D eigenvalue weighted by molar-refractivity contribution is 5.91. The lowest BCUT2D eigenvalue weighted by Crippen LogP contribution is -2.09. The first kappa shape index (κ1) is 13.7. The molecular weight excluding hydrogens is 228 g/mol. The van der Waals surface area contributed by atoms with E-state index in [2.05, 4.69) is 0 Å². The van der Waals surface area contributed by atoms with E-state index in [4.69, 9.17) is 15.3 Å². The summed E-state index contributed by atoms with van der Waals surface area (Å²) < 4.78 is 4.98. The fourth-order valence-corrected chi connectivity index (χ4v) is 1.63. The van der Waals surface area contributed by atoms with Crippen LogP contribution in [0.4, 0.5) is 0 Å². The lowest BCUT2D eigenvalue weighted by molar-refractivity contribution is 0.0525. The molecule has 0 N–H and O–H groups in total. The fraction of sp³-hybridized carbons (Fsp3) is 0.357. The van der Waals surface area contributed by atoms with E-state index >= 15 is 0 Å². The molecule has 0 bridgehead atoms. The average molecular weight is 242 g/mol. The number of hydrogen-bond acceptors (Lipinski definition) is 4. The molecule has 0 fully saturated rings. The number of rotatable bonds is 5. The van der Waals surface area contributed by atoms with Crippen LogP contribution < -0.4 is 0 Å². The molecule has 0 atom stereocenters. The van der Waals surface area contributed by atoms with Crippen LogP contribution in [0.3, 0.4) is 0 Å². The first-order chi connectivity index (χ1) is 8.72. The highest BCUT2D eigenvalue weighted by Gasteiger charge is 2.13. The maximum Gasteiger partial charge on any atom is 0.338 e. The number of carbonyl (C=O) groups is 1. The molecule has 0 aliphatic carbocycles. The molecule has 0 aromatic heterocycles. The first-order valence-electron chi connectivity index (χ1n) is 5.75. The van der Waals surface area contributed by atoms with E-state index in [0.29, 0.717) is 25.0 Å². The number of nitriles is 2. The molecule has 4 heteroatoms. The molecule has 0 unspecified atom stereocenters. The van der Waals surface area contributed by atoms with Gasteiger partial charge in [-0.3, -0.25) is 0 Å². The number of aryl methyl sites for hydroxylation is 1. The van der Waals surface area contributed by atoms with Crippen LogP contribution in [-0.2, 0) is 17.6 Å². The highest BCUT2D eigenvalue weighted by atomic mass is 16.5. The van der Waals surface area contributed by atoms with Crippen molar-refractivity contribution in [2.75, 3.05) is 6.61 Å². The molecule has 0 amide bonds. The third-order valence-electron chi connectivity index (χ3n) is 2.46. The standard InChI is InChI=1S/C14H14N2O2/c1-2-18-14(17)13-10-11(7-9-16)5-6-12(13)4-3-8-15/h5-6,10H,2-4,7H2,1H3. The van der Waals surface area contributed by atoms with E-state index in [1.807, 2.05) is 12.1 Å². The average Bonchev–Trinajstić information content (AvgIpc) is 2.38. The Morgan fingerprint density at radius 1 is 1.33 bits per heavy atom. The molecule has 0 aliphatic heterocycles. The van der Waals surface area contributed by atoms with E-state index in [1.165, 1.54) is 0 Å². The third-order valence-corrected chi connectivity index (χ3v) is 2.46. The molecule has 0 saturated heterocycles. The SMILES string of the molecule is CCOC(=O)c1cc(CC#N)ccc1CCC#N. The van der Waals surface area contributed by atoms with Crippen molar-refractivity contribution in [1.82, 2.24) is 0 Å². The van der Waals surface area contributed by atoms with Crippen molar-refractivity contribution in [3.8, 4) is 12.1 Å². The van der Waals surface area contributed by atoms with Gasteiger partial charge in [0.05, 0.1) is 30.7 Å². The van der Waals surface area contributed by atoms with E-state index in [0.717, 1.165) is 11.1 Å². The van der Waals surface area contributed by atoms with Gasteiger partial charge in [0.1, 0.15) is 0 Å². The smallest absolute Gasteiger partial charge is 0.338 e. The molecule has 1 rings (SSSR count). The third kappa shape index (κ3) is 3.61. The molecule has 0 radical (unpaired) electrons. The summed E-state index contributed by atoms with van der Waals surface area (Å²) in [6, 6.07) is 9.36. The van der Waals surface area contributed by atoms with E-state index in [-0.39, 0.29) is 6.42 Å². The predicted molar refractivity (Wildman–Crippen MR) is 65.6 cm³/mol. The van der Waals surface area contributed by atoms with Crippen LogP contribution in [0, 0.1) is 22.7 Å². The second-order valence-electron chi connectivity index (χ2n) is 3.70. The van der Waals surface area contributed by atoms with Crippen molar-refractivity contribution < 1.29 is 9.53 Å². The topological polar surface area (TPSA) is 73.9 Å². The maximum absolute atomic E-state index is 11.8. The molecule has 1 aromatic carbocycles. The second kappa shape index (κ2) is 7.09. The normalized spacial score (nSPS) is 9.28. The van der Waals surface area contributed by atoms with Gasteiger partial charge in [0.15, 0.2) is 0 Å². The van der Waals surface area contributed by atoms with Gasteiger partial charge in [-0.15, -0.1) is 0 Å². The lowest BCUT2D eigenvalue weighted by Gasteiger charge is -2.09. The Balaban J connectivity index is 3.06. The maximum atomic E-state index is 11.8. The number of esters is 1. The number of nitrogens with zero attached hydrogens (tertiary/aromatic N) is 2. The Morgan fingerprint density at radius 3 is 2.72 bits per heavy atom. The minimum atomic E-state index is -0.398. The summed E-state index contributed by atoms with van der Waals surface area (Å²) in [7, 11) is 0. The Bertz CT molecular complexity index is 510. The van der Waals surface area contributed by atoms with Gasteiger partial charge in [0.2, 0.25) is 0 Å². The molecule has 0 saturated carbocycles. The van der Waals surface area contributed by atoms with E-state index < -0.39 is 5.97 Å². The van der Waals surface area contributed by atoms with Crippen LogP contribution in [0.5, 0.6) is 0 Å². The number of hydrogen-bond donors (Lipinski definition) is 0. The summed E-state index contributed by atoms with van der Waals surface area (Å²) >= 11 is 0. The Labute approximate surface area is 106 Å². The minimum Gasteiger partial charge on any atom is -0.462 e. The number of benzene rings is 1. The zero-order valence-electron chi connectivity index (χ0n) is 10.3. The predicted octanol–water partition coefficient (Wildman–Crippen LogP) is 2.39. The van der Waals surface area contributed by atoms with Crippen molar-refractivity contribution >= 4 is 5.97 Å². The minimum absolute atomic E-state index is 0.255. The Morgan fingerprint density at radius 2 is 2.11 bits per heavy atom. The second-order valence-corrected chi connectivity index (χ2v) is 3.70. The summed E-state index contributed by atoms with van der Waals surface area (Å²) in [4.78, 5) is 11.8. The molecule has 1 aromatic rings.